The van der Waals surface area contributed by atoms with Crippen LogP contribution in [0.2, 0.25) is 0 Å². The lowest BCUT2D eigenvalue weighted by Gasteiger charge is -2.01. The van der Waals surface area contributed by atoms with Crippen LogP contribution in [0.5, 0.6) is 0 Å². The van der Waals surface area contributed by atoms with Crippen LogP contribution in [-0.2, 0) is 4.79 Å². The van der Waals surface area contributed by atoms with Crippen molar-refractivity contribution in [3.8, 4) is 0 Å². The van der Waals surface area contributed by atoms with Crippen LogP contribution in [0.3, 0.4) is 0 Å². The molecule has 0 fully saturated rings. The van der Waals surface area contributed by atoms with Gasteiger partial charge >= 0.3 is 0 Å². The number of hydrogen-bond acceptors (Lipinski definition) is 2. The van der Waals surface area contributed by atoms with Gasteiger partial charge in [-0.25, -0.2) is 0 Å². The minimum absolute atomic E-state index is 0.221. The van der Waals surface area contributed by atoms with Crippen molar-refractivity contribution >= 4 is 16.9 Å². The summed E-state index contributed by atoms with van der Waals surface area (Å²) < 4.78 is 0. The van der Waals surface area contributed by atoms with Gasteiger partial charge < -0.3 is 0 Å². The van der Waals surface area contributed by atoms with Gasteiger partial charge in [0.15, 0.2) is 0 Å². The fourth-order valence-electron chi connectivity index (χ4n) is 1.49. The Kier molecular flexibility index (Phi) is 12.1. The van der Waals surface area contributed by atoms with E-state index in [0.717, 1.165) is 18.6 Å². The van der Waals surface area contributed by atoms with Crippen molar-refractivity contribution in [2.24, 2.45) is 5.92 Å². The zero-order valence-electron chi connectivity index (χ0n) is 11.7. The Morgan fingerprint density at radius 1 is 1.18 bits per heavy atom. The van der Waals surface area contributed by atoms with Gasteiger partial charge in [0.2, 0.25) is 5.12 Å². The summed E-state index contributed by atoms with van der Waals surface area (Å²) in [5, 5.41) is 0.221. The van der Waals surface area contributed by atoms with Crippen molar-refractivity contribution in [1.29, 1.82) is 0 Å². The van der Waals surface area contributed by atoms with Crippen molar-refractivity contribution in [3.05, 3.63) is 12.2 Å². The number of hydrogen-bond donors (Lipinski definition) is 0. The largest absolute Gasteiger partial charge is 0.282 e. The molecule has 0 unspecified atom stereocenters. The predicted octanol–water partition coefficient (Wildman–Crippen LogP) is 5.21. The third-order valence-corrected chi connectivity index (χ3v) is 3.53. The molecule has 100 valence electrons. The first-order valence-electron chi connectivity index (χ1n) is 7.00. The third-order valence-electron chi connectivity index (χ3n) is 2.67. The van der Waals surface area contributed by atoms with Gasteiger partial charge in [-0.1, -0.05) is 64.3 Å². The maximum Gasteiger partial charge on any atom is 0.211 e. The van der Waals surface area contributed by atoms with E-state index >= 15 is 0 Å². The molecule has 0 aromatic rings. The molecule has 0 saturated heterocycles. The van der Waals surface area contributed by atoms with E-state index in [9.17, 15) is 4.79 Å². The summed E-state index contributed by atoms with van der Waals surface area (Å²) in [6.45, 7) is 6.61. The van der Waals surface area contributed by atoms with E-state index < -0.39 is 0 Å². The van der Waals surface area contributed by atoms with Gasteiger partial charge in [0.1, 0.15) is 0 Å². The molecule has 0 aromatic heterocycles. The summed E-state index contributed by atoms with van der Waals surface area (Å²) in [7, 11) is 0. The topological polar surface area (TPSA) is 17.1 Å². The van der Waals surface area contributed by atoms with Gasteiger partial charge in [0.05, 0.1) is 0 Å². The molecule has 0 radical (unpaired) electrons. The highest BCUT2D eigenvalue weighted by atomic mass is 32.2. The van der Waals surface area contributed by atoms with Crippen LogP contribution in [0.15, 0.2) is 12.2 Å². The fraction of sp³-hybridized carbons (Fsp3) is 0.800. The molecule has 0 amide bonds. The second-order valence-electron chi connectivity index (χ2n) is 4.96. The van der Waals surface area contributed by atoms with Crippen LogP contribution in [0.25, 0.3) is 0 Å². The first kappa shape index (κ1) is 16.8. The summed E-state index contributed by atoms with van der Waals surface area (Å²) in [5.41, 5.74) is 0. The monoisotopic (exact) mass is 256 g/mol. The number of rotatable bonds is 10. The molecule has 0 N–H and O–H groups in total. The van der Waals surface area contributed by atoms with E-state index in [4.69, 9.17) is 0 Å². The Hall–Kier alpha value is -0.240. The molecule has 17 heavy (non-hydrogen) atoms. The summed E-state index contributed by atoms with van der Waals surface area (Å²) in [6.07, 6.45) is 12.5. The van der Waals surface area contributed by atoms with Crippen LogP contribution in [0.1, 0.15) is 65.7 Å². The average molecular weight is 256 g/mol. The SMILES string of the molecule is CCCCCCCC=CC(=O)SCCC(C)C. The number of carbonyl (C=O) groups is 1. The van der Waals surface area contributed by atoms with Crippen molar-refractivity contribution in [1.82, 2.24) is 0 Å². The minimum Gasteiger partial charge on any atom is -0.282 e. The standard InChI is InChI=1S/C15H28OS/c1-4-5-6-7-8-9-10-11-15(16)17-13-12-14(2)3/h10-11,14H,4-9,12-13H2,1-3H3. The Balaban J connectivity index is 3.34. The lowest BCUT2D eigenvalue weighted by Crippen LogP contribution is -1.93. The van der Waals surface area contributed by atoms with Gasteiger partial charge in [-0.15, -0.1) is 0 Å². The molecule has 1 nitrogen and oxygen atoms in total. The van der Waals surface area contributed by atoms with E-state index in [-0.39, 0.29) is 5.12 Å². The van der Waals surface area contributed by atoms with Gasteiger partial charge in [-0.05, 0) is 31.3 Å². The number of thioether (sulfide) groups is 1. The van der Waals surface area contributed by atoms with Crippen LogP contribution >= 0.6 is 11.8 Å². The molecule has 0 aliphatic rings. The molecule has 0 saturated carbocycles. The Bertz CT molecular complexity index is 209. The highest BCUT2D eigenvalue weighted by molar-refractivity contribution is 8.14. The Morgan fingerprint density at radius 2 is 1.88 bits per heavy atom. The zero-order valence-corrected chi connectivity index (χ0v) is 12.5. The highest BCUT2D eigenvalue weighted by Crippen LogP contribution is 2.11. The summed E-state index contributed by atoms with van der Waals surface area (Å²) in [6, 6.07) is 0. The van der Waals surface area contributed by atoms with Gasteiger partial charge in [0.25, 0.3) is 0 Å². The highest BCUT2D eigenvalue weighted by Gasteiger charge is 1.99. The summed E-state index contributed by atoms with van der Waals surface area (Å²) >= 11 is 1.45. The fourth-order valence-corrected chi connectivity index (χ4v) is 2.47. The lowest BCUT2D eigenvalue weighted by molar-refractivity contribution is -0.107. The minimum atomic E-state index is 0.221. The number of carbonyl (C=O) groups excluding carboxylic acids is 1. The third kappa shape index (κ3) is 13.7. The van der Waals surface area contributed by atoms with E-state index in [1.54, 1.807) is 6.08 Å². The molecule has 0 aromatic carbocycles. The number of unbranched alkanes of at least 4 members (excludes halogenated alkanes) is 5. The van der Waals surface area contributed by atoms with Crippen molar-refractivity contribution < 1.29 is 4.79 Å². The summed E-state index contributed by atoms with van der Waals surface area (Å²) in [4.78, 5) is 11.4. The van der Waals surface area contributed by atoms with E-state index in [1.165, 1.54) is 43.9 Å². The van der Waals surface area contributed by atoms with Gasteiger partial charge in [-0.3, -0.25) is 4.79 Å². The molecule has 2 heteroatoms. The second kappa shape index (κ2) is 12.2. The smallest absolute Gasteiger partial charge is 0.211 e. The Morgan fingerprint density at radius 3 is 2.53 bits per heavy atom. The van der Waals surface area contributed by atoms with Crippen molar-refractivity contribution in [3.63, 3.8) is 0 Å². The van der Waals surface area contributed by atoms with E-state index in [0.29, 0.717) is 5.92 Å². The van der Waals surface area contributed by atoms with Crippen LogP contribution in [0.4, 0.5) is 0 Å². The Labute approximate surface area is 111 Å². The molecular formula is C15H28OS. The molecule has 0 bridgehead atoms. The van der Waals surface area contributed by atoms with Gasteiger partial charge in [0, 0.05) is 5.75 Å². The quantitative estimate of drug-likeness (QED) is 0.394. The zero-order chi connectivity index (χ0) is 12.9. The first-order valence-corrected chi connectivity index (χ1v) is 7.98. The normalized spacial score (nSPS) is 11.5. The number of allylic oxidation sites excluding steroid dienone is 1. The molecule has 0 heterocycles. The first-order chi connectivity index (χ1) is 8.16. The molecular weight excluding hydrogens is 228 g/mol. The van der Waals surface area contributed by atoms with Crippen LogP contribution < -0.4 is 0 Å². The summed E-state index contributed by atoms with van der Waals surface area (Å²) in [5.74, 6) is 1.65. The average Bonchev–Trinajstić information content (AvgIpc) is 2.27. The molecule has 0 rings (SSSR count). The van der Waals surface area contributed by atoms with Crippen molar-refractivity contribution in [2.45, 2.75) is 65.7 Å². The molecule has 0 atom stereocenters. The van der Waals surface area contributed by atoms with Crippen LogP contribution in [0, 0.1) is 5.92 Å². The van der Waals surface area contributed by atoms with Crippen molar-refractivity contribution in [2.75, 3.05) is 5.75 Å². The predicted molar refractivity (Wildman–Crippen MR) is 79.4 cm³/mol. The van der Waals surface area contributed by atoms with E-state index in [2.05, 4.69) is 20.8 Å². The maximum atomic E-state index is 11.4. The molecule has 0 spiro atoms. The van der Waals surface area contributed by atoms with Crippen LogP contribution in [-0.4, -0.2) is 10.9 Å². The second-order valence-corrected chi connectivity index (χ2v) is 6.05. The molecule has 0 aliphatic carbocycles. The maximum absolute atomic E-state index is 11.4. The van der Waals surface area contributed by atoms with Gasteiger partial charge in [-0.2, -0.15) is 0 Å². The lowest BCUT2D eigenvalue weighted by atomic mass is 10.1. The molecule has 0 aliphatic heterocycles. The van der Waals surface area contributed by atoms with E-state index in [1.807, 2.05) is 6.08 Å².